The van der Waals surface area contributed by atoms with Gasteiger partial charge in [0.15, 0.2) is 10.2 Å². The maximum absolute atomic E-state index is 5.63. The van der Waals surface area contributed by atoms with E-state index in [-0.39, 0.29) is 10.8 Å². The predicted octanol–water partition coefficient (Wildman–Crippen LogP) is 5.79. The molecule has 0 radical (unpaired) electrons. The molecule has 0 amide bonds. The molecule has 2 aliphatic rings. The van der Waals surface area contributed by atoms with Crippen molar-refractivity contribution in [1.82, 2.24) is 19.6 Å². The number of thiocarbonyl (C=S) groups is 4. The Bertz CT molecular complexity index is 692. The molecule has 0 atom stereocenters. The Morgan fingerprint density at radius 2 is 1.00 bits per heavy atom. The number of hydrogen-bond donors (Lipinski definition) is 0. The van der Waals surface area contributed by atoms with Crippen LogP contribution in [0.15, 0.2) is 0 Å². The topological polar surface area (TPSA) is 13.0 Å². The summed E-state index contributed by atoms with van der Waals surface area (Å²) in [4.78, 5) is 10.7. The molecule has 0 N–H and O–H groups in total. The summed E-state index contributed by atoms with van der Waals surface area (Å²) in [7, 11) is 0. The van der Waals surface area contributed by atoms with Gasteiger partial charge in [-0.05, 0) is 73.5 Å². The highest BCUT2D eigenvalue weighted by Gasteiger charge is 2.34. The van der Waals surface area contributed by atoms with Crippen LogP contribution in [-0.2, 0) is 0 Å². The average Bonchev–Trinajstić information content (AvgIpc) is 3.19. The van der Waals surface area contributed by atoms with Gasteiger partial charge in [0.25, 0.3) is 0 Å². The highest BCUT2D eigenvalue weighted by Crippen LogP contribution is 2.29. The predicted molar refractivity (Wildman–Crippen MR) is 170 cm³/mol. The maximum atomic E-state index is 5.63. The minimum absolute atomic E-state index is 0.201. The zero-order valence-electron chi connectivity index (χ0n) is 21.7. The van der Waals surface area contributed by atoms with Crippen LogP contribution in [0.5, 0.6) is 0 Å². The summed E-state index contributed by atoms with van der Waals surface area (Å²) in [5, 5.41) is 1.81. The highest BCUT2D eigenvalue weighted by atomic mass is 32.2. The third-order valence-corrected chi connectivity index (χ3v) is 10.3. The van der Waals surface area contributed by atoms with Gasteiger partial charge in [-0.15, -0.1) is 0 Å². The Hall–Kier alpha value is 0.260. The van der Waals surface area contributed by atoms with E-state index in [1.165, 1.54) is 35.9 Å². The molecule has 0 bridgehead atoms. The van der Waals surface area contributed by atoms with E-state index in [4.69, 9.17) is 48.9 Å². The van der Waals surface area contributed by atoms with E-state index < -0.39 is 0 Å². The first-order valence-electron chi connectivity index (χ1n) is 12.2. The Morgan fingerprint density at radius 1 is 0.647 bits per heavy atom. The first-order chi connectivity index (χ1) is 15.9. The second-order valence-corrected chi connectivity index (χ2v) is 14.7. The van der Waals surface area contributed by atoms with Gasteiger partial charge in [0, 0.05) is 37.7 Å². The van der Waals surface area contributed by atoms with Gasteiger partial charge in [-0.2, -0.15) is 23.5 Å². The molecule has 2 aliphatic heterocycles. The molecule has 4 nitrogen and oxygen atoms in total. The van der Waals surface area contributed by atoms with Crippen LogP contribution in [0.4, 0.5) is 0 Å². The van der Waals surface area contributed by atoms with Gasteiger partial charge >= 0.3 is 0 Å². The molecule has 0 aromatic heterocycles. The molecule has 0 unspecified atom stereocenters. The normalized spacial score (nSPS) is 17.7. The smallest absolute Gasteiger partial charge is 0.176 e. The fraction of sp³-hybridized carbons (Fsp3) is 0.833. The van der Waals surface area contributed by atoms with Gasteiger partial charge in [-0.25, -0.2) is 0 Å². The van der Waals surface area contributed by atoms with Crippen molar-refractivity contribution in [3.8, 4) is 0 Å². The number of nitrogens with zero attached hydrogens (tertiary/aromatic N) is 4. The van der Waals surface area contributed by atoms with Crippen molar-refractivity contribution in [2.45, 2.75) is 54.4 Å². The Morgan fingerprint density at radius 3 is 1.29 bits per heavy atom. The molecule has 0 aromatic rings. The number of hydrogen-bond acceptors (Lipinski definition) is 6. The van der Waals surface area contributed by atoms with Crippen molar-refractivity contribution in [2.75, 3.05) is 62.3 Å². The quantitative estimate of drug-likeness (QED) is 0.174. The summed E-state index contributed by atoms with van der Waals surface area (Å²) in [6.45, 7) is 18.9. The molecule has 194 valence electrons. The summed E-state index contributed by atoms with van der Waals surface area (Å²) in [6, 6.07) is 0. The summed E-state index contributed by atoms with van der Waals surface area (Å²) in [6.07, 6.45) is 2.35. The zero-order chi connectivity index (χ0) is 25.5. The van der Waals surface area contributed by atoms with Crippen LogP contribution in [-0.4, -0.2) is 102 Å². The second kappa shape index (κ2) is 13.7. The maximum Gasteiger partial charge on any atom is 0.176 e. The molecule has 2 saturated heterocycles. The van der Waals surface area contributed by atoms with E-state index in [2.05, 4.69) is 84.7 Å². The van der Waals surface area contributed by atoms with E-state index in [1.807, 2.05) is 0 Å². The van der Waals surface area contributed by atoms with E-state index in [1.54, 1.807) is 0 Å². The Balaban J connectivity index is 1.59. The highest BCUT2D eigenvalue weighted by molar-refractivity contribution is 8.02. The minimum atomic E-state index is 0.201. The zero-order valence-corrected chi connectivity index (χ0v) is 26.6. The van der Waals surface area contributed by atoms with Crippen molar-refractivity contribution in [1.29, 1.82) is 0 Å². The fourth-order valence-corrected chi connectivity index (χ4v) is 8.24. The lowest BCUT2D eigenvalue weighted by Crippen LogP contribution is -2.39. The molecule has 2 rings (SSSR count). The lowest BCUT2D eigenvalue weighted by molar-refractivity contribution is 0.299. The van der Waals surface area contributed by atoms with Crippen molar-refractivity contribution < 1.29 is 0 Å². The second-order valence-electron chi connectivity index (χ2n) is 10.6. The van der Waals surface area contributed by atoms with Crippen LogP contribution in [0.25, 0.3) is 0 Å². The first kappa shape index (κ1) is 30.5. The fourth-order valence-electron chi connectivity index (χ4n) is 4.03. The molecule has 0 saturated carbocycles. The van der Waals surface area contributed by atoms with E-state index in [0.29, 0.717) is 0 Å². The van der Waals surface area contributed by atoms with Gasteiger partial charge in [-0.3, -0.25) is 0 Å². The molecule has 34 heavy (non-hydrogen) atoms. The molecular weight excluding hydrogens is 537 g/mol. The third kappa shape index (κ3) is 8.98. The van der Waals surface area contributed by atoms with Crippen LogP contribution >= 0.6 is 72.4 Å². The van der Waals surface area contributed by atoms with E-state index in [9.17, 15) is 0 Å². The molecule has 0 spiro atoms. The average molecular weight is 579 g/mol. The van der Waals surface area contributed by atoms with Crippen molar-refractivity contribution in [3.05, 3.63) is 0 Å². The monoisotopic (exact) mass is 578 g/mol. The molecule has 10 heteroatoms. The first-order valence-corrected chi connectivity index (χ1v) is 16.2. The van der Waals surface area contributed by atoms with E-state index >= 15 is 0 Å². The SMILES string of the molecule is CCN1CC(=S)N(CC(C)(C)CCSCCSCCC(C)(C)CN2C(=S)CN(CC)C2=S)C1=S. The largest absolute Gasteiger partial charge is 0.342 e. The van der Waals surface area contributed by atoms with Gasteiger partial charge in [0.05, 0.1) is 13.1 Å². The van der Waals surface area contributed by atoms with Crippen LogP contribution in [0.1, 0.15) is 54.4 Å². The lowest BCUT2D eigenvalue weighted by atomic mass is 9.90. The van der Waals surface area contributed by atoms with Gasteiger partial charge in [0.2, 0.25) is 0 Å². The summed E-state index contributed by atoms with van der Waals surface area (Å²) in [5.74, 6) is 4.78. The number of rotatable bonds is 15. The summed E-state index contributed by atoms with van der Waals surface area (Å²) < 4.78 is 0. The third-order valence-electron chi connectivity index (χ3n) is 6.41. The molecule has 0 aromatic carbocycles. The summed E-state index contributed by atoms with van der Waals surface area (Å²) in [5.41, 5.74) is 0.401. The molecule has 2 fully saturated rings. The Labute approximate surface area is 238 Å². The number of thioether (sulfide) groups is 2. The van der Waals surface area contributed by atoms with Gasteiger partial charge < -0.3 is 19.6 Å². The number of likely N-dealkylation sites (N-methyl/N-ethyl adjacent to an activating group) is 2. The Kier molecular flexibility index (Phi) is 12.3. The van der Waals surface area contributed by atoms with Gasteiger partial charge in [-0.1, -0.05) is 52.1 Å². The summed E-state index contributed by atoms with van der Waals surface area (Å²) >= 11 is 26.6. The lowest BCUT2D eigenvalue weighted by Gasteiger charge is -2.31. The molecule has 2 heterocycles. The molecular formula is C24H42N4S6. The van der Waals surface area contributed by atoms with E-state index in [0.717, 1.165) is 59.5 Å². The van der Waals surface area contributed by atoms with Crippen molar-refractivity contribution in [2.24, 2.45) is 10.8 Å². The van der Waals surface area contributed by atoms with Crippen LogP contribution in [0, 0.1) is 10.8 Å². The minimum Gasteiger partial charge on any atom is -0.342 e. The van der Waals surface area contributed by atoms with Crippen molar-refractivity contribution >= 4 is 92.6 Å². The van der Waals surface area contributed by atoms with Crippen LogP contribution in [0.3, 0.4) is 0 Å². The molecule has 0 aliphatic carbocycles. The van der Waals surface area contributed by atoms with Crippen molar-refractivity contribution in [3.63, 3.8) is 0 Å². The van der Waals surface area contributed by atoms with Gasteiger partial charge in [0.1, 0.15) is 9.98 Å². The van der Waals surface area contributed by atoms with Crippen LogP contribution < -0.4 is 0 Å². The standard InChI is InChI=1S/C24H42N4S6/c1-7-25-15-19(29)27(21(25)31)17-23(3,4)9-11-33-13-14-34-12-10-24(5,6)18-28-20(30)16-26(8-2)22(28)32/h7-18H2,1-6H3. The van der Waals surface area contributed by atoms with Crippen LogP contribution in [0.2, 0.25) is 0 Å².